The first-order chi connectivity index (χ1) is 4.16. The fourth-order valence-corrected chi connectivity index (χ4v) is 1.47. The van der Waals surface area contributed by atoms with Gasteiger partial charge in [-0.2, -0.15) is 0 Å². The van der Waals surface area contributed by atoms with Crippen LogP contribution in [0.5, 0.6) is 0 Å². The third-order valence-electron chi connectivity index (χ3n) is 0.911. The minimum Gasteiger partial charge on any atom is -0.383 e. The maximum absolute atomic E-state index is 4.93. The van der Waals surface area contributed by atoms with Gasteiger partial charge >= 0.3 is 0 Å². The van der Waals surface area contributed by atoms with Crippen LogP contribution in [-0.4, -0.2) is 44.1 Å². The lowest BCUT2D eigenvalue weighted by atomic mass is 10.4. The molecule has 0 aromatic carbocycles. The Hall–Kier alpha value is 0.400. The predicted molar refractivity (Wildman–Crippen MR) is 43.1 cm³/mol. The quantitative estimate of drug-likeness (QED) is 0.621. The van der Waals surface area contributed by atoms with Crippen molar-refractivity contribution in [2.24, 2.45) is 0 Å². The lowest BCUT2D eigenvalue weighted by Gasteiger charge is -2.13. The zero-order valence-electron chi connectivity index (χ0n) is 6.22. The highest BCUT2D eigenvalue weighted by Gasteiger charge is 2.02. The Balaban J connectivity index is 3.15. The summed E-state index contributed by atoms with van der Waals surface area (Å²) in [5.41, 5.74) is 0. The van der Waals surface area contributed by atoms with Crippen LogP contribution < -0.4 is 0 Å². The van der Waals surface area contributed by atoms with Crippen LogP contribution in [0.15, 0.2) is 0 Å². The van der Waals surface area contributed by atoms with Gasteiger partial charge in [-0.05, 0) is 14.1 Å². The summed E-state index contributed by atoms with van der Waals surface area (Å²) < 4.78 is 4.93. The molecule has 0 heterocycles. The second kappa shape index (κ2) is 5.21. The molecule has 0 spiro atoms. The monoisotopic (exact) mass is 195 g/mol. The van der Waals surface area contributed by atoms with Gasteiger partial charge in [-0.3, -0.25) is 0 Å². The van der Waals surface area contributed by atoms with Crippen molar-refractivity contribution in [2.45, 2.75) is 4.83 Å². The second-order valence-corrected chi connectivity index (χ2v) is 3.61. The molecule has 0 aliphatic rings. The number of ether oxygens (including phenoxy) is 1. The van der Waals surface area contributed by atoms with E-state index in [2.05, 4.69) is 20.8 Å². The minimum absolute atomic E-state index is 0.456. The SMILES string of the molecule is COCC(Br)CN(C)C. The minimum atomic E-state index is 0.456. The Morgan fingerprint density at radius 2 is 2.11 bits per heavy atom. The van der Waals surface area contributed by atoms with Crippen LogP contribution in [0.3, 0.4) is 0 Å². The Kier molecular flexibility index (Phi) is 5.44. The molecule has 56 valence electrons. The Labute approximate surface area is 65.3 Å². The van der Waals surface area contributed by atoms with Crippen LogP contribution in [0, 0.1) is 0 Å². The molecule has 0 saturated carbocycles. The normalized spacial score (nSPS) is 14.3. The van der Waals surface area contributed by atoms with E-state index in [0.29, 0.717) is 4.83 Å². The molecule has 9 heavy (non-hydrogen) atoms. The molecule has 0 aliphatic carbocycles. The number of hydrogen-bond acceptors (Lipinski definition) is 2. The third-order valence-corrected chi connectivity index (χ3v) is 1.46. The number of halogens is 1. The average molecular weight is 196 g/mol. The van der Waals surface area contributed by atoms with Gasteiger partial charge in [0, 0.05) is 13.7 Å². The van der Waals surface area contributed by atoms with Crippen LogP contribution in [-0.2, 0) is 4.74 Å². The van der Waals surface area contributed by atoms with Crippen molar-refractivity contribution in [1.82, 2.24) is 4.90 Å². The zero-order valence-corrected chi connectivity index (χ0v) is 7.81. The largest absolute Gasteiger partial charge is 0.383 e. The summed E-state index contributed by atoms with van der Waals surface area (Å²) >= 11 is 3.47. The highest BCUT2D eigenvalue weighted by atomic mass is 79.9. The number of rotatable bonds is 4. The van der Waals surface area contributed by atoms with E-state index in [1.54, 1.807) is 7.11 Å². The van der Waals surface area contributed by atoms with Crippen molar-refractivity contribution >= 4 is 15.9 Å². The molecule has 2 nitrogen and oxygen atoms in total. The van der Waals surface area contributed by atoms with E-state index in [1.165, 1.54) is 0 Å². The molecule has 0 saturated heterocycles. The maximum atomic E-state index is 4.93. The molecule has 0 bridgehead atoms. The molecule has 0 aliphatic heterocycles. The summed E-state index contributed by atoms with van der Waals surface area (Å²) in [5, 5.41) is 0. The van der Waals surface area contributed by atoms with E-state index in [-0.39, 0.29) is 0 Å². The first kappa shape index (κ1) is 9.40. The molecule has 0 aromatic rings. The third kappa shape index (κ3) is 6.28. The molecule has 0 rings (SSSR count). The van der Waals surface area contributed by atoms with Crippen molar-refractivity contribution in [3.8, 4) is 0 Å². The Morgan fingerprint density at radius 1 is 1.56 bits per heavy atom. The second-order valence-electron chi connectivity index (χ2n) is 2.31. The van der Waals surface area contributed by atoms with Crippen molar-refractivity contribution in [2.75, 3.05) is 34.4 Å². The first-order valence-electron chi connectivity index (χ1n) is 2.94. The van der Waals surface area contributed by atoms with Crippen LogP contribution in [0.4, 0.5) is 0 Å². The summed E-state index contributed by atoms with van der Waals surface area (Å²) in [5.74, 6) is 0. The molecule has 0 fully saturated rings. The number of alkyl halides is 1. The lowest BCUT2D eigenvalue weighted by Crippen LogP contribution is -2.24. The van der Waals surface area contributed by atoms with E-state index in [1.807, 2.05) is 14.1 Å². The molecule has 0 amide bonds. The molecule has 1 unspecified atom stereocenters. The van der Waals surface area contributed by atoms with Crippen LogP contribution in [0.2, 0.25) is 0 Å². The molecule has 0 N–H and O–H groups in total. The van der Waals surface area contributed by atoms with Gasteiger partial charge in [0.05, 0.1) is 11.4 Å². The van der Waals surface area contributed by atoms with Crippen molar-refractivity contribution in [3.05, 3.63) is 0 Å². The number of nitrogens with zero attached hydrogens (tertiary/aromatic N) is 1. The summed E-state index contributed by atoms with van der Waals surface area (Å²) in [6, 6.07) is 0. The van der Waals surface area contributed by atoms with Gasteiger partial charge in [-0.25, -0.2) is 0 Å². The predicted octanol–water partition coefficient (Wildman–Crippen LogP) is 0.958. The lowest BCUT2D eigenvalue weighted by molar-refractivity contribution is 0.191. The molecule has 1 atom stereocenters. The fraction of sp³-hybridized carbons (Fsp3) is 1.00. The fourth-order valence-electron chi connectivity index (χ4n) is 0.630. The first-order valence-corrected chi connectivity index (χ1v) is 3.86. The van der Waals surface area contributed by atoms with E-state index in [0.717, 1.165) is 13.2 Å². The average Bonchev–Trinajstić information content (AvgIpc) is 1.63. The summed E-state index contributed by atoms with van der Waals surface area (Å²) in [4.78, 5) is 2.58. The standard InChI is InChI=1S/C6H14BrNO/c1-8(2)4-6(7)5-9-3/h6H,4-5H2,1-3H3. The molecule has 0 radical (unpaired) electrons. The molecule has 3 heteroatoms. The molecular weight excluding hydrogens is 182 g/mol. The van der Waals surface area contributed by atoms with Gasteiger partial charge in [-0.1, -0.05) is 15.9 Å². The van der Waals surface area contributed by atoms with Crippen LogP contribution >= 0.6 is 15.9 Å². The maximum Gasteiger partial charge on any atom is 0.0600 e. The number of methoxy groups -OCH3 is 1. The zero-order chi connectivity index (χ0) is 7.28. The van der Waals surface area contributed by atoms with Gasteiger partial charge in [0.1, 0.15) is 0 Å². The topological polar surface area (TPSA) is 12.5 Å². The van der Waals surface area contributed by atoms with Gasteiger partial charge in [0.2, 0.25) is 0 Å². The number of hydrogen-bond donors (Lipinski definition) is 0. The van der Waals surface area contributed by atoms with Gasteiger partial charge < -0.3 is 9.64 Å². The summed E-state index contributed by atoms with van der Waals surface area (Å²) in [6.45, 7) is 1.80. The highest BCUT2D eigenvalue weighted by molar-refractivity contribution is 9.09. The van der Waals surface area contributed by atoms with Crippen molar-refractivity contribution in [3.63, 3.8) is 0 Å². The highest BCUT2D eigenvalue weighted by Crippen LogP contribution is 1.99. The summed E-state index contributed by atoms with van der Waals surface area (Å²) in [7, 11) is 5.80. The Morgan fingerprint density at radius 3 is 2.44 bits per heavy atom. The molecular formula is C6H14BrNO. The van der Waals surface area contributed by atoms with Crippen molar-refractivity contribution in [1.29, 1.82) is 0 Å². The van der Waals surface area contributed by atoms with Crippen LogP contribution in [0.1, 0.15) is 0 Å². The van der Waals surface area contributed by atoms with E-state index in [9.17, 15) is 0 Å². The van der Waals surface area contributed by atoms with E-state index in [4.69, 9.17) is 4.74 Å². The summed E-state index contributed by atoms with van der Waals surface area (Å²) in [6.07, 6.45) is 0. The smallest absolute Gasteiger partial charge is 0.0600 e. The van der Waals surface area contributed by atoms with E-state index < -0.39 is 0 Å². The van der Waals surface area contributed by atoms with Gasteiger partial charge in [0.25, 0.3) is 0 Å². The van der Waals surface area contributed by atoms with Crippen molar-refractivity contribution < 1.29 is 4.74 Å². The Bertz CT molecular complexity index is 68.1. The van der Waals surface area contributed by atoms with Crippen LogP contribution in [0.25, 0.3) is 0 Å². The molecule has 0 aromatic heterocycles. The van der Waals surface area contributed by atoms with Gasteiger partial charge in [-0.15, -0.1) is 0 Å². The van der Waals surface area contributed by atoms with Gasteiger partial charge in [0.15, 0.2) is 0 Å². The van der Waals surface area contributed by atoms with E-state index >= 15 is 0 Å².